The van der Waals surface area contributed by atoms with E-state index in [9.17, 15) is 13.5 Å². The highest BCUT2D eigenvalue weighted by atomic mass is 32.2. The molecule has 2 fully saturated rings. The third-order valence-electron chi connectivity index (χ3n) is 3.81. The van der Waals surface area contributed by atoms with Crippen LogP contribution < -0.4 is 0 Å². The predicted molar refractivity (Wildman–Crippen MR) is 61.0 cm³/mol. The van der Waals surface area contributed by atoms with Crippen LogP contribution in [0.5, 0.6) is 0 Å². The number of hydrogen-bond donors (Lipinski definition) is 1. The van der Waals surface area contributed by atoms with E-state index in [1.54, 1.807) is 0 Å². The summed E-state index contributed by atoms with van der Waals surface area (Å²) in [4.78, 5) is 0. The first-order chi connectivity index (χ1) is 7.40. The van der Waals surface area contributed by atoms with Gasteiger partial charge in [-0.25, -0.2) is 8.42 Å². The second-order valence-electron chi connectivity index (χ2n) is 5.30. The van der Waals surface area contributed by atoms with Crippen LogP contribution in [0.3, 0.4) is 0 Å². The van der Waals surface area contributed by atoms with E-state index in [0.717, 1.165) is 25.7 Å². The molecule has 1 aliphatic carbocycles. The summed E-state index contributed by atoms with van der Waals surface area (Å²) in [5.41, 5.74) is -0.0264. The lowest BCUT2D eigenvalue weighted by Crippen LogP contribution is -2.48. The van der Waals surface area contributed by atoms with Crippen LogP contribution in [-0.4, -0.2) is 43.8 Å². The average molecular weight is 248 g/mol. The van der Waals surface area contributed by atoms with Crippen LogP contribution in [0.4, 0.5) is 0 Å². The third kappa shape index (κ3) is 2.76. The molecule has 5 heteroatoms. The van der Waals surface area contributed by atoms with Gasteiger partial charge >= 0.3 is 0 Å². The van der Waals surface area contributed by atoms with Crippen molar-refractivity contribution in [2.75, 3.05) is 18.6 Å². The molecule has 1 N–H and O–H groups in total. The normalized spacial score (nSPS) is 31.0. The molecule has 2 aliphatic rings. The molecule has 0 radical (unpaired) electrons. The van der Waals surface area contributed by atoms with Crippen molar-refractivity contribution >= 4 is 9.84 Å². The Morgan fingerprint density at radius 1 is 1.50 bits per heavy atom. The largest absolute Gasteiger partial charge is 0.392 e. The van der Waals surface area contributed by atoms with E-state index >= 15 is 0 Å². The zero-order chi connectivity index (χ0) is 11.8. The Balaban J connectivity index is 1.93. The minimum absolute atomic E-state index is 0.0264. The Morgan fingerprint density at radius 3 is 2.69 bits per heavy atom. The van der Waals surface area contributed by atoms with Gasteiger partial charge in [0.1, 0.15) is 9.84 Å². The van der Waals surface area contributed by atoms with Gasteiger partial charge in [0.25, 0.3) is 0 Å². The van der Waals surface area contributed by atoms with Crippen LogP contribution in [0.2, 0.25) is 0 Å². The number of aliphatic hydroxyl groups excluding tert-OH is 1. The van der Waals surface area contributed by atoms with Crippen LogP contribution in [0.15, 0.2) is 0 Å². The van der Waals surface area contributed by atoms with Crippen molar-refractivity contribution in [2.24, 2.45) is 5.92 Å². The van der Waals surface area contributed by atoms with Gasteiger partial charge in [0.05, 0.1) is 17.5 Å². The molecule has 4 nitrogen and oxygen atoms in total. The second-order valence-corrected chi connectivity index (χ2v) is 7.48. The lowest BCUT2D eigenvalue weighted by molar-refractivity contribution is -0.154. The van der Waals surface area contributed by atoms with E-state index in [1.807, 2.05) is 0 Å². The van der Waals surface area contributed by atoms with Gasteiger partial charge < -0.3 is 9.84 Å². The topological polar surface area (TPSA) is 63.6 Å². The molecule has 1 saturated heterocycles. The van der Waals surface area contributed by atoms with Gasteiger partial charge in [-0.1, -0.05) is 0 Å². The fraction of sp³-hybridized carbons (Fsp3) is 1.00. The molecular weight excluding hydrogens is 228 g/mol. The smallest absolute Gasteiger partial charge is 0.150 e. The number of ether oxygens (including phenoxy) is 1. The molecule has 16 heavy (non-hydrogen) atoms. The summed E-state index contributed by atoms with van der Waals surface area (Å²) in [5, 5.41) is 9.93. The van der Waals surface area contributed by atoms with Gasteiger partial charge in [0, 0.05) is 12.9 Å². The van der Waals surface area contributed by atoms with Crippen molar-refractivity contribution in [3.63, 3.8) is 0 Å². The highest BCUT2D eigenvalue weighted by Crippen LogP contribution is 2.45. The van der Waals surface area contributed by atoms with Crippen LogP contribution in [0, 0.1) is 5.92 Å². The molecule has 0 bridgehead atoms. The molecular formula is C11H20O4S. The average Bonchev–Trinajstić information content (AvgIpc) is 2.13. The fourth-order valence-corrected chi connectivity index (χ4v) is 3.65. The summed E-state index contributed by atoms with van der Waals surface area (Å²) in [6.07, 6.45) is 5.37. The van der Waals surface area contributed by atoms with E-state index in [4.69, 9.17) is 4.74 Å². The zero-order valence-corrected chi connectivity index (χ0v) is 10.5. The number of hydrogen-bond acceptors (Lipinski definition) is 4. The molecule has 2 atom stereocenters. The van der Waals surface area contributed by atoms with Crippen molar-refractivity contribution in [2.45, 2.75) is 43.8 Å². The van der Waals surface area contributed by atoms with Crippen molar-refractivity contribution in [1.29, 1.82) is 0 Å². The van der Waals surface area contributed by atoms with Crippen LogP contribution >= 0.6 is 0 Å². The molecule has 1 spiro atoms. The monoisotopic (exact) mass is 248 g/mol. The van der Waals surface area contributed by atoms with E-state index in [1.165, 1.54) is 12.7 Å². The van der Waals surface area contributed by atoms with Gasteiger partial charge in [0.2, 0.25) is 0 Å². The molecule has 94 valence electrons. The van der Waals surface area contributed by atoms with E-state index in [2.05, 4.69) is 0 Å². The quantitative estimate of drug-likeness (QED) is 0.800. The first kappa shape index (κ1) is 12.3. The molecule has 1 heterocycles. The molecule has 1 saturated carbocycles. The molecule has 0 aromatic heterocycles. The van der Waals surface area contributed by atoms with Crippen molar-refractivity contribution in [3.8, 4) is 0 Å². The lowest BCUT2D eigenvalue weighted by atomic mass is 9.71. The van der Waals surface area contributed by atoms with Gasteiger partial charge in [-0.05, 0) is 38.0 Å². The van der Waals surface area contributed by atoms with E-state index in [-0.39, 0.29) is 17.3 Å². The zero-order valence-electron chi connectivity index (χ0n) is 9.68. The minimum Gasteiger partial charge on any atom is -0.392 e. The van der Waals surface area contributed by atoms with Gasteiger partial charge in [-0.2, -0.15) is 0 Å². The van der Waals surface area contributed by atoms with E-state index < -0.39 is 15.9 Å². The number of aliphatic hydroxyl groups is 1. The van der Waals surface area contributed by atoms with Crippen LogP contribution in [0.25, 0.3) is 0 Å². The summed E-state index contributed by atoms with van der Waals surface area (Å²) in [6.45, 7) is 0.658. The van der Waals surface area contributed by atoms with Gasteiger partial charge in [-0.15, -0.1) is 0 Å². The van der Waals surface area contributed by atoms with E-state index in [0.29, 0.717) is 6.61 Å². The first-order valence-electron chi connectivity index (χ1n) is 5.90. The maximum absolute atomic E-state index is 11.1. The predicted octanol–water partition coefficient (Wildman–Crippen LogP) is 0.741. The summed E-state index contributed by atoms with van der Waals surface area (Å²) < 4.78 is 28.0. The Labute approximate surface area is 96.9 Å². The second kappa shape index (κ2) is 4.27. The maximum atomic E-state index is 11.1. The van der Waals surface area contributed by atoms with Crippen molar-refractivity contribution in [3.05, 3.63) is 0 Å². The third-order valence-corrected chi connectivity index (χ3v) is 4.76. The summed E-state index contributed by atoms with van der Waals surface area (Å²) in [7, 11) is -3.09. The number of rotatable bonds is 3. The highest BCUT2D eigenvalue weighted by Gasteiger charge is 2.44. The highest BCUT2D eigenvalue weighted by molar-refractivity contribution is 7.90. The molecule has 2 rings (SSSR count). The maximum Gasteiger partial charge on any atom is 0.150 e. The van der Waals surface area contributed by atoms with Crippen LogP contribution in [0.1, 0.15) is 32.1 Å². The SMILES string of the molecule is CS(=O)(=O)CC(O)C1CCOC2(CCC2)C1. The Hall–Kier alpha value is -0.130. The molecule has 0 aromatic carbocycles. The standard InChI is InChI=1S/C11H20O4S/c1-16(13,14)8-10(12)9-3-6-15-11(7-9)4-2-5-11/h9-10,12H,2-8H2,1H3. The molecule has 2 unspecified atom stereocenters. The summed E-state index contributed by atoms with van der Waals surface area (Å²) in [5.74, 6) is -0.0305. The van der Waals surface area contributed by atoms with Gasteiger partial charge in [0.15, 0.2) is 0 Å². The van der Waals surface area contributed by atoms with Crippen molar-refractivity contribution < 1.29 is 18.3 Å². The van der Waals surface area contributed by atoms with Crippen LogP contribution in [-0.2, 0) is 14.6 Å². The number of sulfone groups is 1. The summed E-state index contributed by atoms with van der Waals surface area (Å²) >= 11 is 0. The molecule has 0 aromatic rings. The summed E-state index contributed by atoms with van der Waals surface area (Å²) in [6, 6.07) is 0. The first-order valence-corrected chi connectivity index (χ1v) is 7.96. The Bertz CT molecular complexity index is 345. The Kier molecular flexibility index (Phi) is 3.29. The fourth-order valence-electron chi connectivity index (χ4n) is 2.76. The van der Waals surface area contributed by atoms with Gasteiger partial charge in [-0.3, -0.25) is 0 Å². The Morgan fingerprint density at radius 2 is 2.19 bits per heavy atom. The minimum atomic E-state index is -3.09. The lowest BCUT2D eigenvalue weighted by Gasteiger charge is -2.48. The van der Waals surface area contributed by atoms with Crippen molar-refractivity contribution in [1.82, 2.24) is 0 Å². The molecule has 0 amide bonds. The molecule has 1 aliphatic heterocycles.